The van der Waals surface area contributed by atoms with Gasteiger partial charge in [0.15, 0.2) is 0 Å². The normalized spacial score (nSPS) is 11.0. The van der Waals surface area contributed by atoms with Crippen molar-refractivity contribution in [1.29, 1.82) is 0 Å². The monoisotopic (exact) mass is 286 g/mol. The highest BCUT2D eigenvalue weighted by molar-refractivity contribution is 5.92. The van der Waals surface area contributed by atoms with E-state index in [2.05, 4.69) is 29.0 Å². The summed E-state index contributed by atoms with van der Waals surface area (Å²) in [6.07, 6.45) is 0. The molecule has 0 saturated carbocycles. The molecule has 1 heterocycles. The number of halogens is 1. The zero-order chi connectivity index (χ0) is 13.8. The molecule has 0 bridgehead atoms. The molecular formula is C13H23ClN4O. The molecule has 3 N–H and O–H groups in total. The molecule has 0 saturated heterocycles. The maximum atomic E-state index is 11.9. The van der Waals surface area contributed by atoms with Crippen LogP contribution in [-0.4, -0.2) is 43.0 Å². The van der Waals surface area contributed by atoms with Crippen molar-refractivity contribution < 1.29 is 4.79 Å². The summed E-state index contributed by atoms with van der Waals surface area (Å²) in [5.41, 5.74) is 5.92. The van der Waals surface area contributed by atoms with Crippen LogP contribution in [-0.2, 0) is 0 Å². The smallest absolute Gasteiger partial charge is 0.269 e. The largest absolute Gasteiger partial charge is 0.384 e. The predicted molar refractivity (Wildman–Crippen MR) is 80.6 cm³/mol. The third-order valence-electron chi connectivity index (χ3n) is 2.48. The molecule has 19 heavy (non-hydrogen) atoms. The Bertz CT molecular complexity index is 421. The average Bonchev–Trinajstić information content (AvgIpc) is 2.24. The van der Waals surface area contributed by atoms with E-state index in [1.165, 1.54) is 0 Å². The fraction of sp³-hybridized carbons (Fsp3) is 0.538. The molecule has 108 valence electrons. The number of nitrogens with two attached hydrogens (primary N) is 1. The Hall–Kier alpha value is -1.33. The minimum Gasteiger partial charge on any atom is -0.384 e. The van der Waals surface area contributed by atoms with Crippen molar-refractivity contribution >= 4 is 24.1 Å². The van der Waals surface area contributed by atoms with Crippen molar-refractivity contribution in [3.8, 4) is 0 Å². The van der Waals surface area contributed by atoms with Crippen molar-refractivity contribution in [3.63, 3.8) is 0 Å². The van der Waals surface area contributed by atoms with Crippen LogP contribution >= 0.6 is 12.4 Å². The first-order valence-electron chi connectivity index (χ1n) is 5.96. The van der Waals surface area contributed by atoms with Gasteiger partial charge in [-0.1, -0.05) is 19.9 Å². The van der Waals surface area contributed by atoms with Crippen LogP contribution in [0.3, 0.4) is 0 Å². The summed E-state index contributed by atoms with van der Waals surface area (Å²) < 4.78 is 0. The van der Waals surface area contributed by atoms with Gasteiger partial charge in [-0.05, 0) is 31.6 Å². The fourth-order valence-electron chi connectivity index (χ4n) is 1.90. The SMILES string of the molecule is CN(C)CC(C)(C)CNC(=O)c1cccc(N)n1.Cl. The van der Waals surface area contributed by atoms with Gasteiger partial charge in [0, 0.05) is 13.1 Å². The third-order valence-corrected chi connectivity index (χ3v) is 2.48. The van der Waals surface area contributed by atoms with E-state index in [0.717, 1.165) is 6.54 Å². The quantitative estimate of drug-likeness (QED) is 0.858. The molecule has 0 spiro atoms. The van der Waals surface area contributed by atoms with Crippen LogP contribution in [0.25, 0.3) is 0 Å². The number of carbonyl (C=O) groups is 1. The third kappa shape index (κ3) is 6.40. The first-order valence-corrected chi connectivity index (χ1v) is 5.96. The van der Waals surface area contributed by atoms with Gasteiger partial charge >= 0.3 is 0 Å². The lowest BCUT2D eigenvalue weighted by molar-refractivity contribution is 0.0924. The number of aromatic nitrogens is 1. The van der Waals surface area contributed by atoms with Gasteiger partial charge in [-0.2, -0.15) is 0 Å². The maximum absolute atomic E-state index is 11.9. The second kappa shape index (κ2) is 7.31. The summed E-state index contributed by atoms with van der Waals surface area (Å²) in [7, 11) is 4.03. The minimum atomic E-state index is -0.186. The van der Waals surface area contributed by atoms with Gasteiger partial charge < -0.3 is 16.0 Å². The van der Waals surface area contributed by atoms with Crippen LogP contribution in [0, 0.1) is 5.41 Å². The number of anilines is 1. The Labute approximate surface area is 121 Å². The summed E-state index contributed by atoms with van der Waals surface area (Å²) in [5.74, 6) is 0.171. The highest BCUT2D eigenvalue weighted by atomic mass is 35.5. The lowest BCUT2D eigenvalue weighted by atomic mass is 9.93. The molecule has 6 heteroatoms. The molecule has 5 nitrogen and oxygen atoms in total. The molecule has 0 aliphatic carbocycles. The maximum Gasteiger partial charge on any atom is 0.269 e. The van der Waals surface area contributed by atoms with Crippen LogP contribution in [0.2, 0.25) is 0 Å². The van der Waals surface area contributed by atoms with Crippen LogP contribution in [0.4, 0.5) is 5.82 Å². The van der Waals surface area contributed by atoms with E-state index in [0.29, 0.717) is 18.1 Å². The predicted octanol–water partition coefficient (Wildman–Crippen LogP) is 1.40. The van der Waals surface area contributed by atoms with Crippen molar-refractivity contribution in [3.05, 3.63) is 23.9 Å². The second-order valence-corrected chi connectivity index (χ2v) is 5.53. The van der Waals surface area contributed by atoms with Crippen LogP contribution in [0.5, 0.6) is 0 Å². The average molecular weight is 287 g/mol. The standard InChI is InChI=1S/C13H22N4O.ClH/c1-13(2,9-17(3)4)8-15-12(18)10-6-5-7-11(14)16-10;/h5-7H,8-9H2,1-4H3,(H2,14,16)(H,15,18);1H. The molecule has 0 aliphatic heterocycles. The molecule has 0 aromatic carbocycles. The van der Waals surface area contributed by atoms with E-state index in [4.69, 9.17) is 5.73 Å². The number of nitrogen functional groups attached to an aromatic ring is 1. The summed E-state index contributed by atoms with van der Waals surface area (Å²) in [5, 5.41) is 2.89. The second-order valence-electron chi connectivity index (χ2n) is 5.53. The van der Waals surface area contributed by atoms with Crippen LogP contribution in [0.15, 0.2) is 18.2 Å². The molecular weight excluding hydrogens is 264 g/mol. The van der Waals surface area contributed by atoms with E-state index in [1.807, 2.05) is 14.1 Å². The number of amides is 1. The summed E-state index contributed by atoms with van der Waals surface area (Å²) in [6, 6.07) is 5.04. The number of carbonyl (C=O) groups excluding carboxylic acids is 1. The molecule has 1 aromatic rings. The Kier molecular flexibility index (Phi) is 6.79. The van der Waals surface area contributed by atoms with Gasteiger partial charge in [-0.15, -0.1) is 12.4 Å². The van der Waals surface area contributed by atoms with Crippen molar-refractivity contribution in [2.45, 2.75) is 13.8 Å². The first-order chi connectivity index (χ1) is 8.30. The molecule has 0 aliphatic rings. The molecule has 0 atom stereocenters. The molecule has 0 fully saturated rings. The molecule has 1 aromatic heterocycles. The topological polar surface area (TPSA) is 71.2 Å². The highest BCUT2D eigenvalue weighted by Crippen LogP contribution is 2.14. The Morgan fingerprint density at radius 3 is 2.58 bits per heavy atom. The zero-order valence-electron chi connectivity index (χ0n) is 11.9. The van der Waals surface area contributed by atoms with Gasteiger partial charge in [0.2, 0.25) is 0 Å². The summed E-state index contributed by atoms with van der Waals surface area (Å²) >= 11 is 0. The Morgan fingerprint density at radius 2 is 2.05 bits per heavy atom. The van der Waals surface area contributed by atoms with E-state index in [1.54, 1.807) is 18.2 Å². The van der Waals surface area contributed by atoms with Crippen LogP contribution < -0.4 is 11.1 Å². The minimum absolute atomic E-state index is 0. The van der Waals surface area contributed by atoms with Gasteiger partial charge in [-0.3, -0.25) is 4.79 Å². The summed E-state index contributed by atoms with van der Waals surface area (Å²) in [6.45, 7) is 5.72. The van der Waals surface area contributed by atoms with E-state index in [9.17, 15) is 4.79 Å². The molecule has 0 unspecified atom stereocenters. The van der Waals surface area contributed by atoms with Gasteiger partial charge in [0.25, 0.3) is 5.91 Å². The van der Waals surface area contributed by atoms with Gasteiger partial charge in [0.1, 0.15) is 11.5 Å². The van der Waals surface area contributed by atoms with Crippen LogP contribution in [0.1, 0.15) is 24.3 Å². The number of rotatable bonds is 5. The van der Waals surface area contributed by atoms with Crippen molar-refractivity contribution in [2.24, 2.45) is 5.41 Å². The van der Waals surface area contributed by atoms with Gasteiger partial charge in [-0.25, -0.2) is 4.98 Å². The highest BCUT2D eigenvalue weighted by Gasteiger charge is 2.20. The zero-order valence-corrected chi connectivity index (χ0v) is 12.8. The fourth-order valence-corrected chi connectivity index (χ4v) is 1.90. The molecule has 0 radical (unpaired) electrons. The van der Waals surface area contributed by atoms with Crippen molar-refractivity contribution in [2.75, 3.05) is 32.9 Å². The number of nitrogens with one attached hydrogen (secondary N) is 1. The molecule has 1 amide bonds. The van der Waals surface area contributed by atoms with E-state index in [-0.39, 0.29) is 23.7 Å². The number of hydrogen-bond acceptors (Lipinski definition) is 4. The summed E-state index contributed by atoms with van der Waals surface area (Å²) in [4.78, 5) is 18.0. The number of nitrogens with zero attached hydrogens (tertiary/aromatic N) is 2. The number of hydrogen-bond donors (Lipinski definition) is 2. The van der Waals surface area contributed by atoms with Gasteiger partial charge in [0.05, 0.1) is 0 Å². The van der Waals surface area contributed by atoms with E-state index >= 15 is 0 Å². The van der Waals surface area contributed by atoms with Crippen molar-refractivity contribution in [1.82, 2.24) is 15.2 Å². The lowest BCUT2D eigenvalue weighted by Gasteiger charge is -2.28. The van der Waals surface area contributed by atoms with E-state index < -0.39 is 0 Å². The number of pyridine rings is 1. The Morgan fingerprint density at radius 1 is 1.42 bits per heavy atom. The molecule has 1 rings (SSSR count). The first kappa shape index (κ1) is 17.7. The Balaban J connectivity index is 0.00000324. The lowest BCUT2D eigenvalue weighted by Crippen LogP contribution is -2.40.